The first-order valence-corrected chi connectivity index (χ1v) is 6.69. The number of rotatable bonds is 5. The van der Waals surface area contributed by atoms with Gasteiger partial charge >= 0.3 is 5.69 Å². The molecule has 0 saturated heterocycles. The van der Waals surface area contributed by atoms with E-state index in [-0.39, 0.29) is 17.8 Å². The maximum Gasteiger partial charge on any atom is 0.328 e. The lowest BCUT2D eigenvalue weighted by Gasteiger charge is -2.13. The minimum absolute atomic E-state index is 0.0241. The van der Waals surface area contributed by atoms with Crippen molar-refractivity contribution in [1.82, 2.24) is 9.13 Å². The molecule has 0 aliphatic carbocycles. The van der Waals surface area contributed by atoms with E-state index in [1.54, 1.807) is 28.6 Å². The highest BCUT2D eigenvalue weighted by Gasteiger charge is 2.11. The summed E-state index contributed by atoms with van der Waals surface area (Å²) >= 11 is 0. The minimum Gasteiger partial charge on any atom is -0.497 e. The van der Waals surface area contributed by atoms with Gasteiger partial charge in [-0.3, -0.25) is 9.13 Å². The molecule has 20 heavy (non-hydrogen) atoms. The summed E-state index contributed by atoms with van der Waals surface area (Å²) in [5.41, 5.74) is 7.12. The number of nitrogens with zero attached hydrogens (tertiary/aromatic N) is 2. The van der Waals surface area contributed by atoms with E-state index in [1.165, 1.54) is 0 Å². The second-order valence-electron chi connectivity index (χ2n) is 5.11. The molecule has 108 valence electrons. The summed E-state index contributed by atoms with van der Waals surface area (Å²) in [4.78, 5) is 12.1. The molecule has 1 unspecified atom stereocenters. The number of imidazole rings is 1. The maximum absolute atomic E-state index is 12.1. The average molecular weight is 275 g/mol. The average Bonchev–Trinajstić information content (AvgIpc) is 2.80. The van der Waals surface area contributed by atoms with Crippen LogP contribution in [0.5, 0.6) is 5.75 Å². The van der Waals surface area contributed by atoms with Crippen LogP contribution in [-0.2, 0) is 6.54 Å². The smallest absolute Gasteiger partial charge is 0.328 e. The zero-order valence-electron chi connectivity index (χ0n) is 12.1. The van der Waals surface area contributed by atoms with Crippen LogP contribution in [0.25, 0.3) is 0 Å². The first-order valence-electron chi connectivity index (χ1n) is 6.69. The molecule has 0 fully saturated rings. The van der Waals surface area contributed by atoms with Crippen LogP contribution in [0.2, 0.25) is 0 Å². The van der Waals surface area contributed by atoms with Gasteiger partial charge < -0.3 is 10.5 Å². The Hall–Kier alpha value is -2.01. The topological polar surface area (TPSA) is 62.2 Å². The van der Waals surface area contributed by atoms with Crippen molar-refractivity contribution in [2.75, 3.05) is 7.11 Å². The van der Waals surface area contributed by atoms with Crippen molar-refractivity contribution in [2.45, 2.75) is 32.5 Å². The van der Waals surface area contributed by atoms with Gasteiger partial charge in [-0.2, -0.15) is 0 Å². The van der Waals surface area contributed by atoms with E-state index in [0.29, 0.717) is 6.54 Å². The number of hydrogen-bond donors (Lipinski definition) is 1. The summed E-state index contributed by atoms with van der Waals surface area (Å²) in [5, 5.41) is 0. The number of hydrogen-bond acceptors (Lipinski definition) is 3. The minimum atomic E-state index is -0.221. The van der Waals surface area contributed by atoms with Gasteiger partial charge in [-0.15, -0.1) is 0 Å². The van der Waals surface area contributed by atoms with Crippen molar-refractivity contribution in [3.8, 4) is 5.75 Å². The molecule has 5 heteroatoms. The van der Waals surface area contributed by atoms with Crippen LogP contribution in [0.15, 0.2) is 41.5 Å². The third-order valence-corrected chi connectivity index (χ3v) is 3.37. The predicted molar refractivity (Wildman–Crippen MR) is 79.0 cm³/mol. The SMILES string of the molecule is COc1ccc(C(N)Cn2ccn(C(C)C)c2=O)cc1. The molecule has 5 nitrogen and oxygen atoms in total. The molecule has 0 aliphatic rings. The van der Waals surface area contributed by atoms with Gasteiger partial charge in [-0.05, 0) is 31.5 Å². The summed E-state index contributed by atoms with van der Waals surface area (Å²) in [5.74, 6) is 0.795. The molecule has 2 N–H and O–H groups in total. The second kappa shape index (κ2) is 5.96. The monoisotopic (exact) mass is 275 g/mol. The molecular formula is C15H21N3O2. The Morgan fingerprint density at radius 2 is 1.85 bits per heavy atom. The molecule has 0 saturated carbocycles. The molecule has 1 aromatic carbocycles. The molecule has 0 spiro atoms. The maximum atomic E-state index is 12.1. The quantitative estimate of drug-likeness (QED) is 0.907. The zero-order valence-corrected chi connectivity index (χ0v) is 12.1. The van der Waals surface area contributed by atoms with Crippen molar-refractivity contribution in [3.63, 3.8) is 0 Å². The summed E-state index contributed by atoms with van der Waals surface area (Å²) in [6, 6.07) is 7.53. The van der Waals surface area contributed by atoms with Gasteiger partial charge in [0.15, 0.2) is 0 Å². The fourth-order valence-corrected chi connectivity index (χ4v) is 2.13. The summed E-state index contributed by atoms with van der Waals surface area (Å²) in [6.07, 6.45) is 3.58. The Bertz CT molecular complexity index is 611. The van der Waals surface area contributed by atoms with Crippen LogP contribution >= 0.6 is 0 Å². The Labute approximate surface area is 118 Å². The summed E-state index contributed by atoms with van der Waals surface area (Å²) in [6.45, 7) is 4.43. The van der Waals surface area contributed by atoms with Crippen LogP contribution in [0.4, 0.5) is 0 Å². The van der Waals surface area contributed by atoms with E-state index in [4.69, 9.17) is 10.5 Å². The highest BCUT2D eigenvalue weighted by Crippen LogP contribution is 2.17. The number of methoxy groups -OCH3 is 1. The van der Waals surface area contributed by atoms with Gasteiger partial charge in [0.1, 0.15) is 5.75 Å². The number of nitrogens with two attached hydrogens (primary N) is 1. The van der Waals surface area contributed by atoms with Crippen molar-refractivity contribution in [1.29, 1.82) is 0 Å². The van der Waals surface area contributed by atoms with Gasteiger partial charge in [0.05, 0.1) is 7.11 Å². The molecule has 1 heterocycles. The predicted octanol–water partition coefficient (Wildman–Crippen LogP) is 1.94. The Morgan fingerprint density at radius 3 is 2.35 bits per heavy atom. The van der Waals surface area contributed by atoms with Crippen molar-refractivity contribution in [2.24, 2.45) is 5.73 Å². The molecular weight excluding hydrogens is 254 g/mol. The molecule has 0 bridgehead atoms. The van der Waals surface area contributed by atoms with E-state index >= 15 is 0 Å². The van der Waals surface area contributed by atoms with Gasteiger partial charge in [0, 0.05) is 31.0 Å². The summed E-state index contributed by atoms with van der Waals surface area (Å²) in [7, 11) is 1.63. The van der Waals surface area contributed by atoms with Crippen LogP contribution < -0.4 is 16.2 Å². The highest BCUT2D eigenvalue weighted by atomic mass is 16.5. The lowest BCUT2D eigenvalue weighted by Crippen LogP contribution is -2.29. The van der Waals surface area contributed by atoms with Crippen LogP contribution in [0.3, 0.4) is 0 Å². The van der Waals surface area contributed by atoms with Crippen molar-refractivity contribution in [3.05, 3.63) is 52.7 Å². The van der Waals surface area contributed by atoms with E-state index in [0.717, 1.165) is 11.3 Å². The zero-order chi connectivity index (χ0) is 14.7. The third-order valence-electron chi connectivity index (χ3n) is 3.37. The van der Waals surface area contributed by atoms with E-state index in [2.05, 4.69) is 0 Å². The normalized spacial score (nSPS) is 12.7. The van der Waals surface area contributed by atoms with Crippen molar-refractivity contribution < 1.29 is 4.74 Å². The standard InChI is InChI=1S/C15H21N3O2/c1-11(2)18-9-8-17(15(18)19)10-14(16)12-4-6-13(20-3)7-5-12/h4-9,11,14H,10,16H2,1-3H3. The molecule has 0 radical (unpaired) electrons. The number of aromatic nitrogens is 2. The number of ether oxygens (including phenoxy) is 1. The summed E-state index contributed by atoms with van der Waals surface area (Å²) < 4.78 is 8.46. The van der Waals surface area contributed by atoms with Gasteiger partial charge in [-0.1, -0.05) is 12.1 Å². The van der Waals surface area contributed by atoms with Gasteiger partial charge in [0.25, 0.3) is 0 Å². The highest BCUT2D eigenvalue weighted by molar-refractivity contribution is 5.28. The van der Waals surface area contributed by atoms with E-state index < -0.39 is 0 Å². The third kappa shape index (κ3) is 2.93. The lowest BCUT2D eigenvalue weighted by atomic mass is 10.1. The molecule has 2 aromatic rings. The fraction of sp³-hybridized carbons (Fsp3) is 0.400. The van der Waals surface area contributed by atoms with E-state index in [9.17, 15) is 4.79 Å². The molecule has 1 atom stereocenters. The Balaban J connectivity index is 2.14. The Kier molecular flexibility index (Phi) is 4.29. The van der Waals surface area contributed by atoms with Gasteiger partial charge in [-0.25, -0.2) is 4.79 Å². The molecule has 0 amide bonds. The van der Waals surface area contributed by atoms with Gasteiger partial charge in [0.2, 0.25) is 0 Å². The van der Waals surface area contributed by atoms with Crippen molar-refractivity contribution >= 4 is 0 Å². The van der Waals surface area contributed by atoms with Crippen LogP contribution in [-0.4, -0.2) is 16.2 Å². The molecule has 0 aliphatic heterocycles. The molecule has 2 rings (SSSR count). The molecule has 1 aromatic heterocycles. The van der Waals surface area contributed by atoms with E-state index in [1.807, 2.05) is 38.1 Å². The number of benzene rings is 1. The fourth-order valence-electron chi connectivity index (χ4n) is 2.13. The second-order valence-corrected chi connectivity index (χ2v) is 5.11. The van der Waals surface area contributed by atoms with Crippen LogP contribution in [0.1, 0.15) is 31.5 Å². The van der Waals surface area contributed by atoms with Crippen LogP contribution in [0, 0.1) is 0 Å². The lowest BCUT2D eigenvalue weighted by molar-refractivity contribution is 0.414. The largest absolute Gasteiger partial charge is 0.497 e. The Morgan fingerprint density at radius 1 is 1.20 bits per heavy atom. The first-order chi connectivity index (χ1) is 9.52. The first kappa shape index (κ1) is 14.4.